The van der Waals surface area contributed by atoms with Crippen molar-refractivity contribution in [3.05, 3.63) is 17.0 Å². The van der Waals surface area contributed by atoms with E-state index in [-0.39, 0.29) is 6.04 Å². The number of aryl methyl sites for hydroxylation is 1. The molecule has 6 heteroatoms. The molecule has 1 aliphatic carbocycles. The highest BCUT2D eigenvalue weighted by molar-refractivity contribution is 7.91. The molecule has 1 aromatic heterocycles. The Balaban J connectivity index is 1.55. The van der Waals surface area contributed by atoms with Gasteiger partial charge in [0.25, 0.3) is 0 Å². The maximum Gasteiger partial charge on any atom is 0.250 e. The molecule has 1 saturated carbocycles. The van der Waals surface area contributed by atoms with Crippen molar-refractivity contribution < 1.29 is 8.42 Å². The van der Waals surface area contributed by atoms with Crippen LogP contribution in [0.15, 0.2) is 16.3 Å². The summed E-state index contributed by atoms with van der Waals surface area (Å²) < 4.78 is 28.0. The van der Waals surface area contributed by atoms with Crippen molar-refractivity contribution in [2.75, 3.05) is 13.1 Å². The third-order valence-corrected chi connectivity index (χ3v) is 7.69. The van der Waals surface area contributed by atoms with Crippen LogP contribution < -0.4 is 4.72 Å². The van der Waals surface area contributed by atoms with E-state index in [1.807, 2.05) is 13.0 Å². The Labute approximate surface area is 131 Å². The first-order chi connectivity index (χ1) is 10.0. The minimum atomic E-state index is -3.33. The molecule has 0 unspecified atom stereocenters. The molecule has 118 valence electrons. The van der Waals surface area contributed by atoms with Crippen molar-refractivity contribution >= 4 is 21.4 Å². The minimum Gasteiger partial charge on any atom is -0.300 e. The van der Waals surface area contributed by atoms with Gasteiger partial charge in [-0.3, -0.25) is 0 Å². The van der Waals surface area contributed by atoms with E-state index in [0.717, 1.165) is 36.9 Å². The van der Waals surface area contributed by atoms with Gasteiger partial charge in [-0.2, -0.15) is 0 Å². The molecule has 1 saturated heterocycles. The van der Waals surface area contributed by atoms with Crippen LogP contribution in [0.5, 0.6) is 0 Å². The second kappa shape index (κ2) is 6.36. The van der Waals surface area contributed by atoms with E-state index in [9.17, 15) is 8.42 Å². The lowest BCUT2D eigenvalue weighted by Gasteiger charge is -2.36. The second-order valence-corrected chi connectivity index (χ2v) is 9.46. The smallest absolute Gasteiger partial charge is 0.250 e. The molecule has 0 spiro atoms. The fraction of sp³-hybridized carbons (Fsp3) is 0.733. The van der Waals surface area contributed by atoms with Gasteiger partial charge in [0.05, 0.1) is 0 Å². The van der Waals surface area contributed by atoms with Crippen LogP contribution in [-0.2, 0) is 10.0 Å². The van der Waals surface area contributed by atoms with Crippen molar-refractivity contribution in [2.45, 2.75) is 61.7 Å². The average molecular weight is 329 g/mol. The molecular formula is C15H24N2O2S2. The van der Waals surface area contributed by atoms with E-state index in [1.165, 1.54) is 37.0 Å². The Bertz CT molecular complexity index is 568. The number of thiophene rings is 1. The SMILES string of the molecule is Cc1ccc(S(=O)(=O)NC2CCN(C3CCCC3)CC2)s1. The highest BCUT2D eigenvalue weighted by Crippen LogP contribution is 2.27. The van der Waals surface area contributed by atoms with Crippen molar-refractivity contribution in [1.82, 2.24) is 9.62 Å². The van der Waals surface area contributed by atoms with E-state index in [2.05, 4.69) is 9.62 Å². The lowest BCUT2D eigenvalue weighted by Crippen LogP contribution is -2.47. The molecule has 4 nitrogen and oxygen atoms in total. The molecule has 1 aliphatic heterocycles. The maximum absolute atomic E-state index is 12.3. The van der Waals surface area contributed by atoms with Crippen molar-refractivity contribution in [2.24, 2.45) is 0 Å². The number of sulfonamides is 1. The highest BCUT2D eigenvalue weighted by atomic mass is 32.2. The van der Waals surface area contributed by atoms with E-state index in [1.54, 1.807) is 6.07 Å². The lowest BCUT2D eigenvalue weighted by molar-refractivity contribution is 0.151. The summed E-state index contributed by atoms with van der Waals surface area (Å²) in [7, 11) is -3.33. The van der Waals surface area contributed by atoms with Crippen LogP contribution >= 0.6 is 11.3 Å². The molecular weight excluding hydrogens is 304 g/mol. The van der Waals surface area contributed by atoms with Crippen LogP contribution in [0.1, 0.15) is 43.4 Å². The molecule has 21 heavy (non-hydrogen) atoms. The Morgan fingerprint density at radius 1 is 1.14 bits per heavy atom. The molecule has 0 radical (unpaired) electrons. The number of likely N-dealkylation sites (tertiary alicyclic amines) is 1. The van der Waals surface area contributed by atoms with Crippen LogP contribution in [0.3, 0.4) is 0 Å². The molecule has 1 N–H and O–H groups in total. The Morgan fingerprint density at radius 2 is 1.81 bits per heavy atom. The monoisotopic (exact) mass is 328 g/mol. The first-order valence-corrected chi connectivity index (χ1v) is 10.2. The van der Waals surface area contributed by atoms with E-state index >= 15 is 0 Å². The molecule has 0 atom stereocenters. The summed E-state index contributed by atoms with van der Waals surface area (Å²) >= 11 is 1.34. The molecule has 0 bridgehead atoms. The van der Waals surface area contributed by atoms with Crippen LogP contribution in [0.25, 0.3) is 0 Å². The van der Waals surface area contributed by atoms with Gasteiger partial charge in [-0.1, -0.05) is 12.8 Å². The second-order valence-electron chi connectivity index (χ2n) is 6.23. The summed E-state index contributed by atoms with van der Waals surface area (Å²) in [6.07, 6.45) is 7.22. The number of nitrogens with zero attached hydrogens (tertiary/aromatic N) is 1. The Morgan fingerprint density at radius 3 is 2.38 bits per heavy atom. The van der Waals surface area contributed by atoms with E-state index < -0.39 is 10.0 Å². The summed E-state index contributed by atoms with van der Waals surface area (Å²) in [4.78, 5) is 3.60. The molecule has 0 amide bonds. The van der Waals surface area contributed by atoms with Crippen molar-refractivity contribution in [3.8, 4) is 0 Å². The van der Waals surface area contributed by atoms with Crippen LogP contribution in [0.2, 0.25) is 0 Å². The van der Waals surface area contributed by atoms with Crippen molar-refractivity contribution in [1.29, 1.82) is 0 Å². The minimum absolute atomic E-state index is 0.0926. The first-order valence-electron chi connectivity index (χ1n) is 7.87. The van der Waals surface area contributed by atoms with Gasteiger partial charge in [0, 0.05) is 17.0 Å². The zero-order valence-corrected chi connectivity index (χ0v) is 14.2. The molecule has 0 aromatic carbocycles. The van der Waals surface area contributed by atoms with E-state index in [0.29, 0.717) is 4.21 Å². The number of hydrogen-bond donors (Lipinski definition) is 1. The first kappa shape index (κ1) is 15.5. The third-order valence-electron chi connectivity index (χ3n) is 4.67. The molecule has 3 rings (SSSR count). The van der Waals surface area contributed by atoms with Crippen molar-refractivity contribution in [3.63, 3.8) is 0 Å². The maximum atomic E-state index is 12.3. The summed E-state index contributed by atoms with van der Waals surface area (Å²) in [5.74, 6) is 0. The number of piperidine rings is 1. The van der Waals surface area contributed by atoms with Gasteiger partial charge < -0.3 is 4.90 Å². The highest BCUT2D eigenvalue weighted by Gasteiger charge is 2.29. The van der Waals surface area contributed by atoms with E-state index in [4.69, 9.17) is 0 Å². The zero-order valence-electron chi connectivity index (χ0n) is 12.5. The largest absolute Gasteiger partial charge is 0.300 e. The number of hydrogen-bond acceptors (Lipinski definition) is 4. The fourth-order valence-electron chi connectivity index (χ4n) is 3.49. The quantitative estimate of drug-likeness (QED) is 0.924. The Hall–Kier alpha value is -0.430. The van der Waals surface area contributed by atoms with Crippen LogP contribution in [0, 0.1) is 6.92 Å². The van der Waals surface area contributed by atoms with Gasteiger partial charge in [-0.05, 0) is 57.8 Å². The number of rotatable bonds is 4. The predicted octanol–water partition coefficient (Wildman–Crippen LogP) is 2.74. The van der Waals surface area contributed by atoms with Gasteiger partial charge in [-0.25, -0.2) is 13.1 Å². The predicted molar refractivity (Wildman–Crippen MR) is 86.2 cm³/mol. The third kappa shape index (κ3) is 3.67. The average Bonchev–Trinajstić information content (AvgIpc) is 3.10. The molecule has 1 aromatic rings. The van der Waals surface area contributed by atoms with Gasteiger partial charge in [-0.15, -0.1) is 11.3 Å². The topological polar surface area (TPSA) is 49.4 Å². The molecule has 2 heterocycles. The standard InChI is InChI=1S/C15H24N2O2S2/c1-12-6-7-15(20-12)21(18,19)16-13-8-10-17(11-9-13)14-4-2-3-5-14/h6-7,13-14,16H,2-5,8-11H2,1H3. The summed E-state index contributed by atoms with van der Waals surface area (Å²) in [6, 6.07) is 4.41. The fourth-order valence-corrected chi connectivity index (χ4v) is 6.09. The van der Waals surface area contributed by atoms with Gasteiger partial charge >= 0.3 is 0 Å². The molecule has 2 fully saturated rings. The Kier molecular flexibility index (Phi) is 4.69. The van der Waals surface area contributed by atoms with Crippen LogP contribution in [0.4, 0.5) is 0 Å². The van der Waals surface area contributed by atoms with Gasteiger partial charge in [0.1, 0.15) is 4.21 Å². The lowest BCUT2D eigenvalue weighted by atomic mass is 10.0. The summed E-state index contributed by atoms with van der Waals surface area (Å²) in [5.41, 5.74) is 0. The normalized spacial score (nSPS) is 22.9. The molecule has 2 aliphatic rings. The summed E-state index contributed by atoms with van der Waals surface area (Å²) in [6.45, 7) is 3.99. The summed E-state index contributed by atoms with van der Waals surface area (Å²) in [5, 5.41) is 0. The number of nitrogens with one attached hydrogen (secondary N) is 1. The van der Waals surface area contributed by atoms with Gasteiger partial charge in [0.15, 0.2) is 0 Å². The van der Waals surface area contributed by atoms with Crippen LogP contribution in [-0.4, -0.2) is 38.5 Å². The zero-order chi connectivity index (χ0) is 14.9. The van der Waals surface area contributed by atoms with Gasteiger partial charge in [0.2, 0.25) is 10.0 Å².